The van der Waals surface area contributed by atoms with Gasteiger partial charge in [0.05, 0.1) is 15.3 Å². The summed E-state index contributed by atoms with van der Waals surface area (Å²) in [6.45, 7) is 1.69. The van der Waals surface area contributed by atoms with Gasteiger partial charge in [-0.3, -0.25) is 9.78 Å². The van der Waals surface area contributed by atoms with Crippen molar-refractivity contribution in [3.63, 3.8) is 0 Å². The molecule has 2 aromatic rings. The van der Waals surface area contributed by atoms with Crippen LogP contribution in [0, 0.1) is 11.8 Å². The minimum Gasteiger partial charge on any atom is -0.266 e. The molecule has 22 heavy (non-hydrogen) atoms. The molecule has 6 heteroatoms. The van der Waals surface area contributed by atoms with Crippen LogP contribution in [0.25, 0.3) is 0 Å². The van der Waals surface area contributed by atoms with Gasteiger partial charge in [0, 0.05) is 34.1 Å². The number of carbonyl (C=O) groups excluding carboxylic acids is 1. The highest BCUT2D eigenvalue weighted by atomic mass is 35.5. The molecular weight excluding hydrogens is 320 g/mol. The maximum absolute atomic E-state index is 12.6. The first-order chi connectivity index (χ1) is 10.4. The Labute approximate surface area is 134 Å². The number of rotatable bonds is 2. The maximum atomic E-state index is 12.6. The van der Waals surface area contributed by atoms with Gasteiger partial charge >= 0.3 is 0 Å². The van der Waals surface area contributed by atoms with Crippen molar-refractivity contribution in [2.45, 2.75) is 11.8 Å². The molecule has 0 N–H and O–H groups in total. The van der Waals surface area contributed by atoms with Crippen molar-refractivity contribution in [1.82, 2.24) is 4.98 Å². The van der Waals surface area contributed by atoms with Crippen LogP contribution in [0.3, 0.4) is 0 Å². The number of hydrogen-bond donors (Lipinski definition) is 0. The Morgan fingerprint density at radius 1 is 1.27 bits per heavy atom. The lowest BCUT2D eigenvalue weighted by Crippen LogP contribution is -2.04. The number of benzene rings is 1. The van der Waals surface area contributed by atoms with Crippen LogP contribution in [-0.2, 0) is 9.73 Å². The summed E-state index contributed by atoms with van der Waals surface area (Å²) in [5, 5.41) is 0.528. The van der Waals surface area contributed by atoms with Crippen molar-refractivity contribution < 1.29 is 9.00 Å². The number of carbonyl (C=O) groups is 1. The smallest absolute Gasteiger partial charge is 0.266 e. The largest absolute Gasteiger partial charge is 0.286 e. The number of pyridine rings is 1. The normalized spacial score (nSPS) is 12.7. The molecule has 0 radical (unpaired) electrons. The Balaban J connectivity index is 2.40. The SMILES string of the molecule is CC#Cc1cncc(C(=O)N=S(C)(=O)c2ccc(Cl)cc2)c1. The lowest BCUT2D eigenvalue weighted by Gasteiger charge is -2.04. The second kappa shape index (κ2) is 6.73. The van der Waals surface area contributed by atoms with Crippen LogP contribution in [0.5, 0.6) is 0 Å². The summed E-state index contributed by atoms with van der Waals surface area (Å²) in [5.74, 6) is 4.95. The molecule has 2 rings (SSSR count). The van der Waals surface area contributed by atoms with Crippen LogP contribution in [-0.4, -0.2) is 21.4 Å². The first kappa shape index (κ1) is 16.2. The van der Waals surface area contributed by atoms with Gasteiger partial charge in [0.1, 0.15) is 0 Å². The Kier molecular flexibility index (Phi) is 4.96. The van der Waals surface area contributed by atoms with Gasteiger partial charge in [-0.05, 0) is 37.3 Å². The number of aromatic nitrogens is 1. The highest BCUT2D eigenvalue weighted by molar-refractivity contribution is 7.93. The van der Waals surface area contributed by atoms with Gasteiger partial charge in [0.2, 0.25) is 0 Å². The highest BCUT2D eigenvalue weighted by Gasteiger charge is 2.12. The minimum atomic E-state index is -2.85. The van der Waals surface area contributed by atoms with E-state index in [9.17, 15) is 9.00 Å². The van der Waals surface area contributed by atoms with Crippen LogP contribution in [0.15, 0.2) is 52.0 Å². The third-order valence-electron chi connectivity index (χ3n) is 2.76. The summed E-state index contributed by atoms with van der Waals surface area (Å²) in [6.07, 6.45) is 4.34. The van der Waals surface area contributed by atoms with Gasteiger partial charge in [-0.2, -0.15) is 4.36 Å². The molecule has 0 aliphatic carbocycles. The summed E-state index contributed by atoms with van der Waals surface area (Å²) >= 11 is 5.80. The topological polar surface area (TPSA) is 59.4 Å². The van der Waals surface area contributed by atoms with Gasteiger partial charge < -0.3 is 0 Å². The third-order valence-corrected chi connectivity index (χ3v) is 4.68. The molecule has 1 unspecified atom stereocenters. The lowest BCUT2D eigenvalue weighted by molar-refractivity contribution is 0.100. The van der Waals surface area contributed by atoms with E-state index in [1.165, 1.54) is 12.5 Å². The zero-order valence-corrected chi connectivity index (χ0v) is 13.6. The second-order valence-corrected chi connectivity index (χ2v) is 7.19. The van der Waals surface area contributed by atoms with Crippen LogP contribution in [0.1, 0.15) is 22.8 Å². The molecule has 112 valence electrons. The fourth-order valence-corrected chi connectivity index (χ4v) is 3.01. The van der Waals surface area contributed by atoms with E-state index in [1.807, 2.05) is 0 Å². The van der Waals surface area contributed by atoms with Crippen molar-refractivity contribution >= 4 is 27.2 Å². The van der Waals surface area contributed by atoms with E-state index < -0.39 is 15.6 Å². The van der Waals surface area contributed by atoms with E-state index in [-0.39, 0.29) is 5.56 Å². The molecule has 0 fully saturated rings. The van der Waals surface area contributed by atoms with Gasteiger partial charge in [0.25, 0.3) is 5.91 Å². The predicted molar refractivity (Wildman–Crippen MR) is 87.3 cm³/mol. The van der Waals surface area contributed by atoms with Crippen LogP contribution >= 0.6 is 11.6 Å². The summed E-state index contributed by atoms with van der Waals surface area (Å²) < 4.78 is 16.5. The Bertz CT molecular complexity index is 886. The Hall–Kier alpha value is -2.16. The fraction of sp³-hybridized carbons (Fsp3) is 0.125. The fourth-order valence-electron chi connectivity index (χ4n) is 1.72. The molecule has 1 aromatic heterocycles. The molecule has 0 saturated carbocycles. The number of amides is 1. The number of halogens is 1. The van der Waals surface area contributed by atoms with E-state index in [1.54, 1.807) is 43.5 Å². The molecule has 1 atom stereocenters. The molecule has 0 saturated heterocycles. The molecule has 0 bridgehead atoms. The summed E-state index contributed by atoms with van der Waals surface area (Å²) in [5.41, 5.74) is 0.862. The van der Waals surface area contributed by atoms with E-state index in [2.05, 4.69) is 21.2 Å². The standard InChI is InChI=1S/C16H13ClN2O2S/c1-3-4-12-9-13(11-18-10-12)16(20)19-22(2,21)15-7-5-14(17)6-8-15/h5-11H,1-2H3. The predicted octanol–water partition coefficient (Wildman–Crippen LogP) is 3.40. The van der Waals surface area contributed by atoms with Crippen molar-refractivity contribution in [3.05, 3.63) is 58.9 Å². The molecule has 0 spiro atoms. The first-order valence-corrected chi connectivity index (χ1v) is 8.62. The minimum absolute atomic E-state index is 0.254. The first-order valence-electron chi connectivity index (χ1n) is 6.32. The van der Waals surface area contributed by atoms with Crippen molar-refractivity contribution in [1.29, 1.82) is 0 Å². The van der Waals surface area contributed by atoms with Gasteiger partial charge in [-0.25, -0.2) is 4.21 Å². The lowest BCUT2D eigenvalue weighted by atomic mass is 10.2. The monoisotopic (exact) mass is 332 g/mol. The second-order valence-electron chi connectivity index (χ2n) is 4.49. The zero-order chi connectivity index (χ0) is 16.2. The van der Waals surface area contributed by atoms with E-state index >= 15 is 0 Å². The van der Waals surface area contributed by atoms with E-state index in [4.69, 9.17) is 11.6 Å². The molecule has 1 heterocycles. The summed E-state index contributed by atoms with van der Waals surface area (Å²) in [4.78, 5) is 16.6. The van der Waals surface area contributed by atoms with Crippen LogP contribution in [0.2, 0.25) is 5.02 Å². The van der Waals surface area contributed by atoms with Gasteiger partial charge in [-0.15, -0.1) is 5.92 Å². The Morgan fingerprint density at radius 2 is 1.95 bits per heavy atom. The highest BCUT2D eigenvalue weighted by Crippen LogP contribution is 2.16. The molecule has 1 amide bonds. The zero-order valence-electron chi connectivity index (χ0n) is 12.0. The summed E-state index contributed by atoms with van der Waals surface area (Å²) in [6, 6.07) is 7.99. The van der Waals surface area contributed by atoms with Gasteiger partial charge in [-0.1, -0.05) is 17.5 Å². The van der Waals surface area contributed by atoms with Crippen molar-refractivity contribution in [3.8, 4) is 11.8 Å². The average Bonchev–Trinajstić information content (AvgIpc) is 2.48. The third kappa shape index (κ3) is 3.94. The summed E-state index contributed by atoms with van der Waals surface area (Å²) in [7, 11) is -2.85. The Morgan fingerprint density at radius 3 is 2.59 bits per heavy atom. The molecule has 1 aromatic carbocycles. The quantitative estimate of drug-likeness (QED) is 0.792. The van der Waals surface area contributed by atoms with E-state index in [0.29, 0.717) is 15.5 Å². The average molecular weight is 333 g/mol. The van der Waals surface area contributed by atoms with Crippen molar-refractivity contribution in [2.75, 3.05) is 6.26 Å². The van der Waals surface area contributed by atoms with E-state index in [0.717, 1.165) is 0 Å². The number of hydrogen-bond acceptors (Lipinski definition) is 3. The van der Waals surface area contributed by atoms with Gasteiger partial charge in [0.15, 0.2) is 0 Å². The molecule has 4 nitrogen and oxygen atoms in total. The van der Waals surface area contributed by atoms with Crippen LogP contribution < -0.4 is 0 Å². The molecular formula is C16H13ClN2O2S. The maximum Gasteiger partial charge on any atom is 0.286 e. The molecule has 0 aliphatic rings. The number of nitrogens with zero attached hydrogens (tertiary/aromatic N) is 2. The van der Waals surface area contributed by atoms with Crippen molar-refractivity contribution in [2.24, 2.45) is 4.36 Å². The molecule has 0 aliphatic heterocycles. The van der Waals surface area contributed by atoms with Crippen LogP contribution in [0.4, 0.5) is 0 Å².